The van der Waals surface area contributed by atoms with Gasteiger partial charge < -0.3 is 23.8 Å². The molecule has 0 aromatic heterocycles. The van der Waals surface area contributed by atoms with Crippen molar-refractivity contribution in [3.63, 3.8) is 0 Å². The zero-order valence-electron chi connectivity index (χ0n) is 39.0. The summed E-state index contributed by atoms with van der Waals surface area (Å²) in [5, 5.41) is 0. The average Bonchev–Trinajstić information content (AvgIpc) is 3.18. The van der Waals surface area contributed by atoms with E-state index < -0.39 is 0 Å². The SMILES string of the molecule is CC.CCCCCCCCCOCCCCCCCOC(=O)CCN(CCC(=O)OCCCCCCCOCCCCCCCCC)CCN(C(C)C)C(C)C. The van der Waals surface area contributed by atoms with Crippen molar-refractivity contribution >= 4 is 11.9 Å². The van der Waals surface area contributed by atoms with Crippen LogP contribution < -0.4 is 0 Å². The molecule has 0 saturated heterocycles. The maximum absolute atomic E-state index is 12.6. The van der Waals surface area contributed by atoms with E-state index in [2.05, 4.69) is 51.3 Å². The molecule has 0 saturated carbocycles. The number of ether oxygens (including phenoxy) is 4. The highest BCUT2D eigenvalue weighted by molar-refractivity contribution is 5.70. The van der Waals surface area contributed by atoms with Gasteiger partial charge >= 0.3 is 11.9 Å². The molecular weight excluding hydrogens is 701 g/mol. The molecule has 0 fully saturated rings. The number of carbonyl (C=O) groups is 2. The maximum atomic E-state index is 12.6. The topological polar surface area (TPSA) is 77.5 Å². The molecule has 0 bridgehead atoms. The van der Waals surface area contributed by atoms with E-state index in [1.807, 2.05) is 13.8 Å². The Morgan fingerprint density at radius 3 is 0.982 bits per heavy atom. The molecule has 0 aromatic carbocycles. The Hall–Kier alpha value is -1.22. The average molecular weight is 799 g/mol. The molecule has 0 aliphatic rings. The van der Waals surface area contributed by atoms with Crippen molar-refractivity contribution in [1.82, 2.24) is 9.80 Å². The normalized spacial score (nSPS) is 11.5. The Morgan fingerprint density at radius 2 is 0.679 bits per heavy atom. The second kappa shape index (κ2) is 46.5. The first kappa shape index (κ1) is 56.9. The molecule has 0 radical (unpaired) electrons. The third-order valence-corrected chi connectivity index (χ3v) is 10.4. The molecule has 8 heteroatoms. The predicted molar refractivity (Wildman–Crippen MR) is 240 cm³/mol. The molecule has 0 amide bonds. The Morgan fingerprint density at radius 1 is 0.393 bits per heavy atom. The molecule has 0 spiro atoms. The summed E-state index contributed by atoms with van der Waals surface area (Å²) in [7, 11) is 0. The predicted octanol–water partition coefficient (Wildman–Crippen LogP) is 12.7. The van der Waals surface area contributed by atoms with Crippen LogP contribution in [0.15, 0.2) is 0 Å². The van der Waals surface area contributed by atoms with Gasteiger partial charge in [0.25, 0.3) is 0 Å². The second-order valence-electron chi connectivity index (χ2n) is 16.2. The zero-order chi connectivity index (χ0) is 41.7. The van der Waals surface area contributed by atoms with Crippen LogP contribution in [0.1, 0.15) is 222 Å². The van der Waals surface area contributed by atoms with E-state index in [1.54, 1.807) is 0 Å². The highest BCUT2D eigenvalue weighted by atomic mass is 16.5. The quantitative estimate of drug-likeness (QED) is 0.0446. The summed E-state index contributed by atoms with van der Waals surface area (Å²) in [6.07, 6.45) is 30.0. The minimum atomic E-state index is -0.148. The lowest BCUT2D eigenvalue weighted by molar-refractivity contribution is -0.144. The number of esters is 2. The number of rotatable bonds is 43. The zero-order valence-corrected chi connectivity index (χ0v) is 39.0. The highest BCUT2D eigenvalue weighted by Crippen LogP contribution is 2.11. The molecule has 0 N–H and O–H groups in total. The fraction of sp³-hybridized carbons (Fsp3) is 0.958. The lowest BCUT2D eigenvalue weighted by Crippen LogP contribution is -2.43. The Bertz CT molecular complexity index is 736. The van der Waals surface area contributed by atoms with Crippen molar-refractivity contribution in [3.8, 4) is 0 Å². The molecule has 0 aliphatic carbocycles. The Balaban J connectivity index is 0. The number of unbranched alkanes of at least 4 members (excludes halogenated alkanes) is 20. The van der Waals surface area contributed by atoms with Crippen LogP contribution in [0.3, 0.4) is 0 Å². The fourth-order valence-electron chi connectivity index (χ4n) is 6.92. The van der Waals surface area contributed by atoms with Crippen molar-refractivity contribution in [2.24, 2.45) is 0 Å². The van der Waals surface area contributed by atoms with Gasteiger partial charge in [-0.1, -0.05) is 143 Å². The lowest BCUT2D eigenvalue weighted by atomic mass is 10.1. The largest absolute Gasteiger partial charge is 0.466 e. The first-order valence-corrected chi connectivity index (χ1v) is 24.3. The van der Waals surface area contributed by atoms with Crippen molar-refractivity contribution in [1.29, 1.82) is 0 Å². The smallest absolute Gasteiger partial charge is 0.307 e. The van der Waals surface area contributed by atoms with Crippen LogP contribution in [0.25, 0.3) is 0 Å². The lowest BCUT2D eigenvalue weighted by Gasteiger charge is -2.33. The number of nitrogens with zero attached hydrogens (tertiary/aromatic N) is 2. The van der Waals surface area contributed by atoms with E-state index in [1.165, 1.54) is 103 Å². The summed E-state index contributed by atoms with van der Waals surface area (Å²) in [6, 6.07) is 0.873. The Labute approximate surface area is 349 Å². The van der Waals surface area contributed by atoms with Gasteiger partial charge in [-0.3, -0.25) is 14.5 Å². The number of hydrogen-bond acceptors (Lipinski definition) is 8. The minimum Gasteiger partial charge on any atom is -0.466 e. The monoisotopic (exact) mass is 799 g/mol. The standard InChI is InChI=1S/C46H92N2O6.C2H6/c1-7-9-11-13-15-19-25-37-51-39-27-21-17-23-29-41-53-45(49)31-33-47(35-36-48(43(3)4)44(5)6)34-32-46(50)54-42-30-24-18-22-28-40-52-38-26-20-16-14-12-10-8-2;1-2/h43-44H,7-42H2,1-6H3;1-2H3. The van der Waals surface area contributed by atoms with Crippen molar-refractivity contribution in [2.45, 2.75) is 234 Å². The molecule has 0 atom stereocenters. The fourth-order valence-corrected chi connectivity index (χ4v) is 6.92. The summed E-state index contributed by atoms with van der Waals surface area (Å²) >= 11 is 0. The van der Waals surface area contributed by atoms with Crippen LogP contribution in [0.4, 0.5) is 0 Å². The van der Waals surface area contributed by atoms with Crippen molar-refractivity contribution in [3.05, 3.63) is 0 Å². The first-order valence-electron chi connectivity index (χ1n) is 24.3. The van der Waals surface area contributed by atoms with E-state index in [0.717, 1.165) is 90.9 Å². The van der Waals surface area contributed by atoms with Gasteiger partial charge in [-0.15, -0.1) is 0 Å². The van der Waals surface area contributed by atoms with Crippen LogP contribution in [0, 0.1) is 0 Å². The van der Waals surface area contributed by atoms with Crippen LogP contribution in [-0.2, 0) is 28.5 Å². The second-order valence-corrected chi connectivity index (χ2v) is 16.2. The van der Waals surface area contributed by atoms with Gasteiger partial charge in [0.2, 0.25) is 0 Å². The highest BCUT2D eigenvalue weighted by Gasteiger charge is 2.17. The van der Waals surface area contributed by atoms with E-state index in [9.17, 15) is 9.59 Å². The van der Waals surface area contributed by atoms with Gasteiger partial charge in [0.15, 0.2) is 0 Å². The summed E-state index contributed by atoms with van der Waals surface area (Å²) in [5.74, 6) is -0.295. The van der Waals surface area contributed by atoms with Gasteiger partial charge in [0, 0.05) is 64.7 Å². The van der Waals surface area contributed by atoms with Gasteiger partial charge in [-0.05, 0) is 66.2 Å². The molecule has 0 heterocycles. The summed E-state index contributed by atoms with van der Waals surface area (Å²) < 4.78 is 22.8. The molecule has 336 valence electrons. The van der Waals surface area contributed by atoms with E-state index >= 15 is 0 Å². The van der Waals surface area contributed by atoms with Crippen LogP contribution in [-0.4, -0.2) is 99.6 Å². The van der Waals surface area contributed by atoms with E-state index in [-0.39, 0.29) is 11.9 Å². The van der Waals surface area contributed by atoms with E-state index in [0.29, 0.717) is 51.2 Å². The van der Waals surface area contributed by atoms with Crippen molar-refractivity contribution in [2.75, 3.05) is 65.8 Å². The van der Waals surface area contributed by atoms with Gasteiger partial charge in [0.1, 0.15) is 0 Å². The van der Waals surface area contributed by atoms with E-state index in [4.69, 9.17) is 18.9 Å². The molecule has 56 heavy (non-hydrogen) atoms. The maximum Gasteiger partial charge on any atom is 0.307 e. The molecule has 8 nitrogen and oxygen atoms in total. The van der Waals surface area contributed by atoms with Crippen LogP contribution in [0.5, 0.6) is 0 Å². The third-order valence-electron chi connectivity index (χ3n) is 10.4. The third kappa shape index (κ3) is 42.4. The molecule has 0 unspecified atom stereocenters. The number of hydrogen-bond donors (Lipinski definition) is 0. The summed E-state index contributed by atoms with van der Waals surface area (Å²) in [5.41, 5.74) is 0. The van der Waals surface area contributed by atoms with Gasteiger partial charge in [0.05, 0.1) is 26.1 Å². The molecular formula is C48H98N2O6. The van der Waals surface area contributed by atoms with Gasteiger partial charge in [-0.25, -0.2) is 0 Å². The van der Waals surface area contributed by atoms with Crippen molar-refractivity contribution < 1.29 is 28.5 Å². The first-order chi connectivity index (χ1) is 27.3. The minimum absolute atomic E-state index is 0.148. The molecule has 0 aliphatic heterocycles. The molecule has 0 rings (SSSR count). The Kier molecular flexibility index (Phi) is 47.2. The number of carbonyl (C=O) groups excluding carboxylic acids is 2. The summed E-state index contributed by atoms with van der Waals surface area (Å²) in [6.45, 7) is 24.8. The van der Waals surface area contributed by atoms with Crippen LogP contribution in [0.2, 0.25) is 0 Å². The van der Waals surface area contributed by atoms with Gasteiger partial charge in [-0.2, -0.15) is 0 Å². The summed E-state index contributed by atoms with van der Waals surface area (Å²) in [4.78, 5) is 29.9. The van der Waals surface area contributed by atoms with Crippen LogP contribution >= 0.6 is 0 Å². The molecule has 0 aromatic rings.